The van der Waals surface area contributed by atoms with E-state index in [9.17, 15) is 4.79 Å². The number of halogens is 2. The molecule has 0 saturated heterocycles. The highest BCUT2D eigenvalue weighted by molar-refractivity contribution is 6.37. The molecule has 0 amide bonds. The molecule has 0 radical (unpaired) electrons. The van der Waals surface area contributed by atoms with Crippen molar-refractivity contribution in [1.29, 1.82) is 0 Å². The second kappa shape index (κ2) is 6.84. The summed E-state index contributed by atoms with van der Waals surface area (Å²) in [5.41, 5.74) is 2.25. The first-order valence-electron chi connectivity index (χ1n) is 7.18. The normalized spacial score (nSPS) is 12.7. The van der Waals surface area contributed by atoms with E-state index in [2.05, 4.69) is 18.8 Å². The summed E-state index contributed by atoms with van der Waals surface area (Å²) in [7, 11) is 1.39. The second-order valence-electron chi connectivity index (χ2n) is 5.79. The van der Waals surface area contributed by atoms with Crippen molar-refractivity contribution in [3.63, 3.8) is 0 Å². The topological polar surface area (TPSA) is 39.2 Å². The smallest absolute Gasteiger partial charge is 0.313 e. The van der Waals surface area contributed by atoms with Crippen LogP contribution in [0.2, 0.25) is 10.0 Å². The third-order valence-corrected chi connectivity index (χ3v) is 4.29. The molecule has 2 aromatic rings. The molecule has 0 saturated carbocycles. The number of fused-ring (bicyclic) bond motifs is 1. The van der Waals surface area contributed by atoms with E-state index >= 15 is 0 Å². The number of aromatic nitrogens is 1. The number of aryl methyl sites for hydroxylation is 1. The van der Waals surface area contributed by atoms with Crippen molar-refractivity contribution in [2.75, 3.05) is 7.11 Å². The van der Waals surface area contributed by atoms with Crippen LogP contribution in [0.3, 0.4) is 0 Å². The van der Waals surface area contributed by atoms with Crippen molar-refractivity contribution < 1.29 is 9.53 Å². The number of hydrogen-bond donors (Lipinski definition) is 0. The summed E-state index contributed by atoms with van der Waals surface area (Å²) in [6.07, 6.45) is 0.654. The highest BCUT2D eigenvalue weighted by atomic mass is 35.5. The third kappa shape index (κ3) is 3.36. The Balaban J connectivity index is 2.68. The lowest BCUT2D eigenvalue weighted by Crippen LogP contribution is -2.18. The van der Waals surface area contributed by atoms with Gasteiger partial charge in [0.05, 0.1) is 23.6 Å². The van der Waals surface area contributed by atoms with Gasteiger partial charge in [0.15, 0.2) is 0 Å². The Morgan fingerprint density at radius 2 is 2.00 bits per heavy atom. The summed E-state index contributed by atoms with van der Waals surface area (Å²) in [5, 5.41) is 1.87. The van der Waals surface area contributed by atoms with E-state index in [0.29, 0.717) is 22.4 Å². The van der Waals surface area contributed by atoms with E-state index in [1.807, 2.05) is 13.0 Å². The molecular formula is C17H19Cl2NO2. The molecular weight excluding hydrogens is 321 g/mol. The summed E-state index contributed by atoms with van der Waals surface area (Å²) in [4.78, 5) is 16.8. The fraction of sp³-hybridized carbons (Fsp3) is 0.412. The lowest BCUT2D eigenvalue weighted by atomic mass is 9.88. The monoisotopic (exact) mass is 339 g/mol. The minimum absolute atomic E-state index is 0.290. The number of carbonyl (C=O) groups excluding carboxylic acids is 1. The minimum atomic E-state index is -0.423. The van der Waals surface area contributed by atoms with Gasteiger partial charge in [-0.3, -0.25) is 9.78 Å². The zero-order chi connectivity index (χ0) is 16.4. The first kappa shape index (κ1) is 17.0. The Morgan fingerprint density at radius 1 is 1.32 bits per heavy atom. The number of hydrogen-bond acceptors (Lipinski definition) is 3. The Hall–Kier alpha value is -1.32. The number of pyridine rings is 1. The summed E-state index contributed by atoms with van der Waals surface area (Å²) in [6.45, 7) is 5.99. The van der Waals surface area contributed by atoms with Gasteiger partial charge in [-0.25, -0.2) is 0 Å². The molecule has 5 heteroatoms. The average Bonchev–Trinajstić information content (AvgIpc) is 2.46. The molecule has 1 aromatic heterocycles. The molecule has 1 atom stereocenters. The molecule has 0 aliphatic rings. The highest BCUT2D eigenvalue weighted by Crippen LogP contribution is 2.37. The first-order chi connectivity index (χ1) is 10.3. The quantitative estimate of drug-likeness (QED) is 0.722. The Bertz CT molecular complexity index is 713. The van der Waals surface area contributed by atoms with Crippen LogP contribution in [0.1, 0.15) is 37.4 Å². The molecule has 0 bridgehead atoms. The van der Waals surface area contributed by atoms with E-state index in [1.165, 1.54) is 7.11 Å². The maximum Gasteiger partial charge on any atom is 0.313 e. The van der Waals surface area contributed by atoms with E-state index in [4.69, 9.17) is 27.9 Å². The number of esters is 1. The maximum atomic E-state index is 12.2. The summed E-state index contributed by atoms with van der Waals surface area (Å²) in [6, 6.07) is 5.38. The van der Waals surface area contributed by atoms with Crippen LogP contribution in [0.15, 0.2) is 18.2 Å². The summed E-state index contributed by atoms with van der Waals surface area (Å²) in [5.74, 6) is -0.384. The lowest BCUT2D eigenvalue weighted by Gasteiger charge is -2.21. The van der Waals surface area contributed by atoms with Gasteiger partial charge in [-0.1, -0.05) is 37.0 Å². The van der Waals surface area contributed by atoms with Crippen molar-refractivity contribution >= 4 is 40.1 Å². The third-order valence-electron chi connectivity index (χ3n) is 3.65. The Labute approximate surface area is 140 Å². The van der Waals surface area contributed by atoms with Crippen molar-refractivity contribution in [2.45, 2.75) is 33.1 Å². The second-order valence-corrected chi connectivity index (χ2v) is 6.61. The molecule has 22 heavy (non-hydrogen) atoms. The standard InChI is InChI=1S/C17H19Cl2NO2/c1-9(2)7-13(17(21)22-4)15-10(3)20-14-6-5-11(18)8-12(14)16(15)19/h5-6,8-9,13H,7H2,1-4H3. The number of rotatable bonds is 4. The maximum absolute atomic E-state index is 12.2. The van der Waals surface area contributed by atoms with Crippen LogP contribution in [-0.4, -0.2) is 18.1 Å². The van der Waals surface area contributed by atoms with Crippen molar-refractivity contribution in [3.05, 3.63) is 39.5 Å². The molecule has 118 valence electrons. The van der Waals surface area contributed by atoms with Crippen LogP contribution in [0.25, 0.3) is 10.9 Å². The number of methoxy groups -OCH3 is 1. The molecule has 0 aliphatic carbocycles. The van der Waals surface area contributed by atoms with Crippen LogP contribution in [0.4, 0.5) is 0 Å². The number of benzene rings is 1. The molecule has 1 unspecified atom stereocenters. The Kier molecular flexibility index (Phi) is 5.30. The summed E-state index contributed by atoms with van der Waals surface area (Å²) < 4.78 is 4.96. The van der Waals surface area contributed by atoms with Gasteiger partial charge in [-0.15, -0.1) is 0 Å². The number of ether oxygens (including phenoxy) is 1. The molecule has 3 nitrogen and oxygen atoms in total. The molecule has 0 spiro atoms. The predicted molar refractivity (Wildman–Crippen MR) is 90.7 cm³/mol. The van der Waals surface area contributed by atoms with Crippen molar-refractivity contribution in [1.82, 2.24) is 4.98 Å². The van der Waals surface area contributed by atoms with Gasteiger partial charge in [0.1, 0.15) is 0 Å². The SMILES string of the molecule is COC(=O)C(CC(C)C)c1c(C)nc2ccc(Cl)cc2c1Cl. The molecule has 2 rings (SSSR count). The number of nitrogens with zero attached hydrogens (tertiary/aromatic N) is 1. The first-order valence-corrected chi connectivity index (χ1v) is 7.93. The average molecular weight is 340 g/mol. The molecule has 1 aromatic carbocycles. The fourth-order valence-corrected chi connectivity index (χ4v) is 3.27. The van der Waals surface area contributed by atoms with E-state index in [1.54, 1.807) is 12.1 Å². The van der Waals surface area contributed by atoms with Crippen LogP contribution in [-0.2, 0) is 9.53 Å². The molecule has 0 N–H and O–H groups in total. The van der Waals surface area contributed by atoms with Crippen LogP contribution >= 0.6 is 23.2 Å². The largest absolute Gasteiger partial charge is 0.469 e. The fourth-order valence-electron chi connectivity index (χ4n) is 2.68. The van der Waals surface area contributed by atoms with Gasteiger partial charge in [0, 0.05) is 21.7 Å². The van der Waals surface area contributed by atoms with Gasteiger partial charge >= 0.3 is 5.97 Å². The molecule has 1 heterocycles. The highest BCUT2D eigenvalue weighted by Gasteiger charge is 2.28. The van der Waals surface area contributed by atoms with Gasteiger partial charge in [0.25, 0.3) is 0 Å². The zero-order valence-electron chi connectivity index (χ0n) is 13.1. The van der Waals surface area contributed by atoms with Crippen LogP contribution in [0.5, 0.6) is 0 Å². The number of carbonyl (C=O) groups is 1. The minimum Gasteiger partial charge on any atom is -0.469 e. The zero-order valence-corrected chi connectivity index (χ0v) is 14.6. The van der Waals surface area contributed by atoms with E-state index in [0.717, 1.165) is 22.2 Å². The van der Waals surface area contributed by atoms with Gasteiger partial charge in [-0.2, -0.15) is 0 Å². The molecule has 0 aliphatic heterocycles. The van der Waals surface area contributed by atoms with Gasteiger partial charge < -0.3 is 4.74 Å². The van der Waals surface area contributed by atoms with Gasteiger partial charge in [-0.05, 0) is 37.5 Å². The van der Waals surface area contributed by atoms with Gasteiger partial charge in [0.2, 0.25) is 0 Å². The van der Waals surface area contributed by atoms with Crippen LogP contribution in [0, 0.1) is 12.8 Å². The van der Waals surface area contributed by atoms with Crippen molar-refractivity contribution in [3.8, 4) is 0 Å². The Morgan fingerprint density at radius 3 is 2.59 bits per heavy atom. The predicted octanol–water partition coefficient (Wildman–Crippen LogP) is 5.15. The lowest BCUT2D eigenvalue weighted by molar-refractivity contribution is -0.142. The van der Waals surface area contributed by atoms with E-state index < -0.39 is 5.92 Å². The van der Waals surface area contributed by atoms with Crippen molar-refractivity contribution in [2.24, 2.45) is 5.92 Å². The van der Waals surface area contributed by atoms with E-state index in [-0.39, 0.29) is 5.97 Å². The van der Waals surface area contributed by atoms with Crippen LogP contribution < -0.4 is 0 Å². The summed E-state index contributed by atoms with van der Waals surface area (Å²) >= 11 is 12.7. The molecule has 0 fully saturated rings.